The Morgan fingerprint density at radius 3 is 1.95 bits per heavy atom. The van der Waals surface area contributed by atoms with Gasteiger partial charge in [0.2, 0.25) is 0 Å². The van der Waals surface area contributed by atoms with Crippen LogP contribution >= 0.6 is 0 Å². The van der Waals surface area contributed by atoms with Gasteiger partial charge in [0.25, 0.3) is 0 Å². The van der Waals surface area contributed by atoms with Crippen LogP contribution in [0.1, 0.15) is 78.1 Å². The maximum absolute atomic E-state index is 4.06. The lowest BCUT2D eigenvalue weighted by molar-refractivity contribution is 0.117. The van der Waals surface area contributed by atoms with Gasteiger partial charge in [-0.25, -0.2) is 0 Å². The second kappa shape index (κ2) is 8.36. The third kappa shape index (κ3) is 5.13. The van der Waals surface area contributed by atoms with Crippen molar-refractivity contribution in [2.24, 2.45) is 17.8 Å². The first-order chi connectivity index (χ1) is 10.1. The smallest absolute Gasteiger partial charge is 0.0187 e. The zero-order valence-corrected chi connectivity index (χ0v) is 14.7. The first-order valence-electron chi connectivity index (χ1n) is 9.44. The van der Waals surface area contributed by atoms with Crippen LogP contribution in [0.2, 0.25) is 0 Å². The molecule has 122 valence electrons. The molecule has 0 spiro atoms. The largest absolute Gasteiger partial charge is 0.300 e. The predicted molar refractivity (Wildman–Crippen MR) is 93.5 cm³/mol. The Morgan fingerprint density at radius 2 is 1.48 bits per heavy atom. The van der Waals surface area contributed by atoms with Crippen LogP contribution < -0.4 is 0 Å². The van der Waals surface area contributed by atoms with Crippen molar-refractivity contribution < 1.29 is 0 Å². The van der Waals surface area contributed by atoms with Crippen LogP contribution in [-0.2, 0) is 0 Å². The summed E-state index contributed by atoms with van der Waals surface area (Å²) in [5.74, 6) is 3.16. The molecule has 2 rings (SSSR count). The van der Waals surface area contributed by atoms with Crippen molar-refractivity contribution in [2.45, 2.75) is 84.1 Å². The second-order valence-electron chi connectivity index (χ2n) is 8.01. The fourth-order valence-corrected chi connectivity index (χ4v) is 4.93. The van der Waals surface area contributed by atoms with E-state index in [2.05, 4.69) is 32.4 Å². The first kappa shape index (κ1) is 17.1. The van der Waals surface area contributed by atoms with E-state index in [-0.39, 0.29) is 0 Å². The van der Waals surface area contributed by atoms with E-state index in [0.717, 1.165) is 30.3 Å². The van der Waals surface area contributed by atoms with Crippen LogP contribution in [-0.4, -0.2) is 24.5 Å². The number of likely N-dealkylation sites (N-methyl/N-ethyl adjacent to an activating group) is 1. The van der Waals surface area contributed by atoms with Gasteiger partial charge in [0.05, 0.1) is 0 Å². The Hall–Kier alpha value is -0.300. The van der Waals surface area contributed by atoms with Crippen LogP contribution in [0.3, 0.4) is 0 Å². The van der Waals surface area contributed by atoms with Crippen molar-refractivity contribution in [2.75, 3.05) is 13.6 Å². The van der Waals surface area contributed by atoms with Crippen molar-refractivity contribution in [3.05, 3.63) is 12.2 Å². The molecule has 2 fully saturated rings. The molecule has 0 bridgehead atoms. The number of hydrogen-bond donors (Lipinski definition) is 0. The topological polar surface area (TPSA) is 3.24 Å². The monoisotopic (exact) mass is 291 g/mol. The fourth-order valence-electron chi connectivity index (χ4n) is 4.93. The molecule has 0 N–H and O–H groups in total. The SMILES string of the molecule is C=C(C)CN(C)C1CCC(C2CCC(CCC)CC2)CC1. The second-order valence-corrected chi connectivity index (χ2v) is 8.01. The highest BCUT2D eigenvalue weighted by Crippen LogP contribution is 2.41. The molecule has 0 aliphatic heterocycles. The third-order valence-corrected chi connectivity index (χ3v) is 6.14. The van der Waals surface area contributed by atoms with E-state index in [9.17, 15) is 0 Å². The highest BCUT2D eigenvalue weighted by atomic mass is 15.1. The van der Waals surface area contributed by atoms with Gasteiger partial charge in [0, 0.05) is 12.6 Å². The van der Waals surface area contributed by atoms with Crippen molar-refractivity contribution >= 4 is 0 Å². The van der Waals surface area contributed by atoms with Crippen molar-refractivity contribution in [3.63, 3.8) is 0 Å². The zero-order chi connectivity index (χ0) is 15.2. The van der Waals surface area contributed by atoms with Crippen molar-refractivity contribution in [3.8, 4) is 0 Å². The maximum atomic E-state index is 4.06. The lowest BCUT2D eigenvalue weighted by Gasteiger charge is -2.40. The zero-order valence-electron chi connectivity index (χ0n) is 14.7. The number of rotatable bonds is 6. The minimum atomic E-state index is 0.814. The summed E-state index contributed by atoms with van der Waals surface area (Å²) in [5.41, 5.74) is 1.30. The molecule has 0 radical (unpaired) electrons. The Kier molecular flexibility index (Phi) is 6.79. The Labute approximate surface area is 133 Å². The molecule has 21 heavy (non-hydrogen) atoms. The van der Waals surface area contributed by atoms with E-state index in [1.807, 2.05) is 0 Å². The van der Waals surface area contributed by atoms with E-state index in [1.54, 1.807) is 0 Å². The summed E-state index contributed by atoms with van der Waals surface area (Å²) in [6, 6.07) is 0.814. The lowest BCUT2D eigenvalue weighted by Crippen LogP contribution is -2.37. The molecule has 0 heterocycles. The molecule has 2 saturated carbocycles. The van der Waals surface area contributed by atoms with E-state index in [1.165, 1.54) is 69.8 Å². The lowest BCUT2D eigenvalue weighted by atomic mass is 9.69. The van der Waals surface area contributed by atoms with E-state index in [4.69, 9.17) is 0 Å². The quantitative estimate of drug-likeness (QED) is 0.571. The van der Waals surface area contributed by atoms with Gasteiger partial charge >= 0.3 is 0 Å². The van der Waals surface area contributed by atoms with E-state index >= 15 is 0 Å². The molecule has 2 aliphatic carbocycles. The van der Waals surface area contributed by atoms with Crippen LogP contribution in [0.5, 0.6) is 0 Å². The molecule has 0 atom stereocenters. The van der Waals surface area contributed by atoms with Crippen LogP contribution in [0.15, 0.2) is 12.2 Å². The van der Waals surface area contributed by atoms with Gasteiger partial charge in [0.15, 0.2) is 0 Å². The Morgan fingerprint density at radius 1 is 0.952 bits per heavy atom. The van der Waals surface area contributed by atoms with E-state index in [0.29, 0.717) is 0 Å². The van der Waals surface area contributed by atoms with Crippen molar-refractivity contribution in [1.29, 1.82) is 0 Å². The van der Waals surface area contributed by atoms with Gasteiger partial charge in [-0.1, -0.05) is 44.8 Å². The Balaban J connectivity index is 1.71. The van der Waals surface area contributed by atoms with Gasteiger partial charge in [-0.15, -0.1) is 0 Å². The van der Waals surface area contributed by atoms with E-state index < -0.39 is 0 Å². The minimum Gasteiger partial charge on any atom is -0.300 e. The molecule has 0 aromatic heterocycles. The maximum Gasteiger partial charge on any atom is 0.0187 e. The summed E-state index contributed by atoms with van der Waals surface area (Å²) < 4.78 is 0. The molecular formula is C20H37N. The van der Waals surface area contributed by atoms with Gasteiger partial charge < -0.3 is 0 Å². The summed E-state index contributed by atoms with van der Waals surface area (Å²) in [7, 11) is 2.29. The molecule has 1 heteroatoms. The molecule has 2 aliphatic rings. The van der Waals surface area contributed by atoms with Crippen LogP contribution in [0, 0.1) is 17.8 Å². The van der Waals surface area contributed by atoms with Gasteiger partial charge in [-0.2, -0.15) is 0 Å². The minimum absolute atomic E-state index is 0.814. The van der Waals surface area contributed by atoms with Gasteiger partial charge in [0.1, 0.15) is 0 Å². The standard InChI is InChI=1S/C20H37N/c1-5-6-17-7-9-18(10-8-17)19-11-13-20(14-12-19)21(4)15-16(2)3/h17-20H,2,5-15H2,1,3-4H3. The first-order valence-corrected chi connectivity index (χ1v) is 9.44. The van der Waals surface area contributed by atoms with Crippen LogP contribution in [0.25, 0.3) is 0 Å². The summed E-state index contributed by atoms with van der Waals surface area (Å²) in [4.78, 5) is 2.54. The summed E-state index contributed by atoms with van der Waals surface area (Å²) in [5, 5.41) is 0. The average molecular weight is 292 g/mol. The third-order valence-electron chi connectivity index (χ3n) is 6.14. The van der Waals surface area contributed by atoms with Gasteiger partial charge in [-0.3, -0.25) is 4.90 Å². The normalized spacial score (nSPS) is 34.1. The molecule has 0 unspecified atom stereocenters. The predicted octanol–water partition coefficient (Wildman–Crippen LogP) is 5.66. The summed E-state index contributed by atoms with van der Waals surface area (Å²) in [6.07, 6.45) is 14.8. The molecule has 0 aromatic carbocycles. The Bertz CT molecular complexity index is 306. The van der Waals surface area contributed by atoms with Crippen LogP contribution in [0.4, 0.5) is 0 Å². The van der Waals surface area contributed by atoms with Gasteiger partial charge in [-0.05, 0) is 70.3 Å². The highest BCUT2D eigenvalue weighted by molar-refractivity contribution is 4.93. The molecule has 0 saturated heterocycles. The molecule has 0 amide bonds. The average Bonchev–Trinajstić information content (AvgIpc) is 2.48. The molecular weight excluding hydrogens is 254 g/mol. The van der Waals surface area contributed by atoms with Crippen molar-refractivity contribution in [1.82, 2.24) is 4.90 Å². The molecule has 0 aromatic rings. The molecule has 1 nitrogen and oxygen atoms in total. The number of hydrogen-bond acceptors (Lipinski definition) is 1. The highest BCUT2D eigenvalue weighted by Gasteiger charge is 2.31. The summed E-state index contributed by atoms with van der Waals surface area (Å²) >= 11 is 0. The summed E-state index contributed by atoms with van der Waals surface area (Å²) in [6.45, 7) is 9.63. The number of nitrogens with zero attached hydrogens (tertiary/aromatic N) is 1. The fraction of sp³-hybridized carbons (Fsp3) is 0.900.